The number of aryl methyl sites for hydroxylation is 2. The normalized spacial score (nSPS) is 15.3. The summed E-state index contributed by atoms with van der Waals surface area (Å²) in [5.41, 5.74) is 1.29. The lowest BCUT2D eigenvalue weighted by atomic mass is 10.2. The van der Waals surface area contributed by atoms with Gasteiger partial charge in [0.05, 0.1) is 0 Å². The molecular weight excluding hydrogens is 326 g/mol. The van der Waals surface area contributed by atoms with Crippen molar-refractivity contribution in [3.05, 3.63) is 59.3 Å². The first-order valence-electron chi connectivity index (χ1n) is 9.52. The van der Waals surface area contributed by atoms with Crippen LogP contribution >= 0.6 is 0 Å². The highest BCUT2D eigenvalue weighted by Crippen LogP contribution is 2.15. The van der Waals surface area contributed by atoms with Crippen molar-refractivity contribution in [2.24, 2.45) is 0 Å². The lowest BCUT2D eigenvalue weighted by Gasteiger charge is -2.36. The van der Waals surface area contributed by atoms with E-state index in [1.807, 2.05) is 6.92 Å². The van der Waals surface area contributed by atoms with E-state index in [-0.39, 0.29) is 5.69 Å². The molecule has 1 aliphatic heterocycles. The molecule has 0 radical (unpaired) electrons. The first-order chi connectivity index (χ1) is 12.7. The smallest absolute Gasteiger partial charge is 0.346 e. The Labute approximate surface area is 155 Å². The van der Waals surface area contributed by atoms with Gasteiger partial charge in [-0.1, -0.05) is 31.2 Å². The maximum atomic E-state index is 12.4. The van der Waals surface area contributed by atoms with Crippen molar-refractivity contribution >= 4 is 5.69 Å². The Bertz CT molecular complexity index is 756. The highest BCUT2D eigenvalue weighted by molar-refractivity contribution is 5.46. The summed E-state index contributed by atoms with van der Waals surface area (Å²) >= 11 is 0. The Morgan fingerprint density at radius 3 is 2.50 bits per heavy atom. The fraction of sp³-hybridized carbons (Fsp3) is 0.500. The second kappa shape index (κ2) is 8.85. The van der Waals surface area contributed by atoms with Crippen LogP contribution in [0, 0.1) is 0 Å². The fourth-order valence-corrected chi connectivity index (χ4v) is 3.52. The minimum atomic E-state index is -0.0179. The van der Waals surface area contributed by atoms with Crippen LogP contribution in [0.5, 0.6) is 0 Å². The minimum Gasteiger partial charge on any atom is -0.369 e. The predicted molar refractivity (Wildman–Crippen MR) is 106 cm³/mol. The molecule has 0 aliphatic carbocycles. The molecule has 0 amide bonds. The highest BCUT2D eigenvalue weighted by atomic mass is 16.2. The van der Waals surface area contributed by atoms with E-state index in [1.54, 1.807) is 15.3 Å². The molecule has 0 unspecified atom stereocenters. The third kappa shape index (κ3) is 4.25. The number of anilines is 1. The average Bonchev–Trinajstić information content (AvgIpc) is 2.99. The third-order valence-electron chi connectivity index (χ3n) is 4.97. The van der Waals surface area contributed by atoms with Crippen molar-refractivity contribution in [3.63, 3.8) is 0 Å². The molecule has 0 spiro atoms. The van der Waals surface area contributed by atoms with Gasteiger partial charge in [-0.15, -0.1) is 6.58 Å². The Morgan fingerprint density at radius 1 is 1.12 bits per heavy atom. The molecular formula is C20H29N5O. The van der Waals surface area contributed by atoms with Gasteiger partial charge < -0.3 is 4.90 Å². The van der Waals surface area contributed by atoms with E-state index in [1.165, 1.54) is 5.69 Å². The first kappa shape index (κ1) is 18.5. The molecule has 6 nitrogen and oxygen atoms in total. The summed E-state index contributed by atoms with van der Waals surface area (Å²) < 4.78 is 3.33. The topological polar surface area (TPSA) is 46.3 Å². The summed E-state index contributed by atoms with van der Waals surface area (Å²) in [6.07, 6.45) is 3.45. The van der Waals surface area contributed by atoms with Gasteiger partial charge in [-0.25, -0.2) is 9.48 Å². The number of piperazine rings is 1. The summed E-state index contributed by atoms with van der Waals surface area (Å²) in [7, 11) is 0. The fourth-order valence-electron chi connectivity index (χ4n) is 3.52. The second-order valence-electron chi connectivity index (χ2n) is 6.69. The van der Waals surface area contributed by atoms with Crippen molar-refractivity contribution in [2.75, 3.05) is 37.6 Å². The molecule has 140 valence electrons. The number of rotatable bonds is 8. The molecule has 1 aromatic heterocycles. The van der Waals surface area contributed by atoms with Crippen LogP contribution in [-0.4, -0.2) is 52.0 Å². The molecule has 1 aromatic carbocycles. The largest absolute Gasteiger partial charge is 0.369 e. The molecule has 3 rings (SSSR count). The Hall–Kier alpha value is -2.34. The Kier molecular flexibility index (Phi) is 6.28. The van der Waals surface area contributed by atoms with Crippen LogP contribution in [0.3, 0.4) is 0 Å². The Balaban J connectivity index is 1.48. The van der Waals surface area contributed by atoms with Crippen LogP contribution in [0.25, 0.3) is 0 Å². The van der Waals surface area contributed by atoms with Crippen LogP contribution < -0.4 is 10.6 Å². The predicted octanol–water partition coefficient (Wildman–Crippen LogP) is 2.01. The van der Waals surface area contributed by atoms with Gasteiger partial charge >= 0.3 is 5.69 Å². The monoisotopic (exact) mass is 355 g/mol. The minimum absolute atomic E-state index is 0.0179. The number of hydrogen-bond donors (Lipinski definition) is 0. The van der Waals surface area contributed by atoms with Gasteiger partial charge in [-0.05, 0) is 18.6 Å². The zero-order chi connectivity index (χ0) is 18.4. The maximum absolute atomic E-state index is 12.4. The standard InChI is InChI=1S/C20H29N5O/c1-3-11-24-19(4-2)21-25(20(24)26)13-8-12-22-14-16-23(17-15-22)18-9-6-5-7-10-18/h3,5-7,9-10H,1,4,8,11-17H2,2H3. The summed E-state index contributed by atoms with van der Waals surface area (Å²) in [4.78, 5) is 17.3. The molecule has 26 heavy (non-hydrogen) atoms. The lowest BCUT2D eigenvalue weighted by molar-refractivity contribution is 0.248. The van der Waals surface area contributed by atoms with Gasteiger partial charge in [0.2, 0.25) is 0 Å². The van der Waals surface area contributed by atoms with Gasteiger partial charge in [0.1, 0.15) is 5.82 Å². The zero-order valence-corrected chi connectivity index (χ0v) is 15.7. The molecule has 0 bridgehead atoms. The van der Waals surface area contributed by atoms with Crippen LogP contribution in [0.2, 0.25) is 0 Å². The van der Waals surface area contributed by atoms with E-state index in [2.05, 4.69) is 51.8 Å². The van der Waals surface area contributed by atoms with E-state index in [4.69, 9.17) is 0 Å². The summed E-state index contributed by atoms with van der Waals surface area (Å²) in [5.74, 6) is 0.839. The van der Waals surface area contributed by atoms with Crippen molar-refractivity contribution in [1.82, 2.24) is 19.2 Å². The average molecular weight is 355 g/mol. The quantitative estimate of drug-likeness (QED) is 0.680. The van der Waals surface area contributed by atoms with Gasteiger partial charge in [0.15, 0.2) is 0 Å². The summed E-state index contributed by atoms with van der Waals surface area (Å²) in [5, 5.41) is 4.47. The molecule has 0 atom stereocenters. The van der Waals surface area contributed by atoms with Crippen molar-refractivity contribution in [2.45, 2.75) is 32.9 Å². The number of allylic oxidation sites excluding steroid dienone is 1. The number of benzene rings is 1. The molecule has 2 heterocycles. The molecule has 0 saturated carbocycles. The van der Waals surface area contributed by atoms with Crippen molar-refractivity contribution in [3.8, 4) is 0 Å². The summed E-state index contributed by atoms with van der Waals surface area (Å²) in [6, 6.07) is 10.6. The van der Waals surface area contributed by atoms with E-state index in [9.17, 15) is 4.79 Å². The van der Waals surface area contributed by atoms with E-state index < -0.39 is 0 Å². The van der Waals surface area contributed by atoms with E-state index >= 15 is 0 Å². The maximum Gasteiger partial charge on any atom is 0.346 e. The summed E-state index contributed by atoms with van der Waals surface area (Å²) in [6.45, 7) is 12.2. The molecule has 1 saturated heterocycles. The Morgan fingerprint density at radius 2 is 1.85 bits per heavy atom. The van der Waals surface area contributed by atoms with Gasteiger partial charge in [0, 0.05) is 57.9 Å². The van der Waals surface area contributed by atoms with Crippen LogP contribution in [-0.2, 0) is 19.5 Å². The van der Waals surface area contributed by atoms with E-state index in [0.717, 1.165) is 51.4 Å². The number of aromatic nitrogens is 3. The number of hydrogen-bond acceptors (Lipinski definition) is 4. The third-order valence-corrected chi connectivity index (χ3v) is 4.97. The van der Waals surface area contributed by atoms with E-state index in [0.29, 0.717) is 13.1 Å². The second-order valence-corrected chi connectivity index (χ2v) is 6.69. The zero-order valence-electron chi connectivity index (χ0n) is 15.7. The van der Waals surface area contributed by atoms with Gasteiger partial charge in [-0.3, -0.25) is 9.47 Å². The molecule has 6 heteroatoms. The van der Waals surface area contributed by atoms with Gasteiger partial charge in [-0.2, -0.15) is 5.10 Å². The molecule has 2 aromatic rings. The molecule has 1 aliphatic rings. The number of para-hydroxylation sites is 1. The number of nitrogens with zero attached hydrogens (tertiary/aromatic N) is 5. The highest BCUT2D eigenvalue weighted by Gasteiger charge is 2.17. The SMILES string of the molecule is C=CCn1c(CC)nn(CCCN2CCN(c3ccccc3)CC2)c1=O. The van der Waals surface area contributed by atoms with Crippen LogP contribution in [0.1, 0.15) is 19.2 Å². The van der Waals surface area contributed by atoms with Gasteiger partial charge in [0.25, 0.3) is 0 Å². The first-order valence-corrected chi connectivity index (χ1v) is 9.52. The van der Waals surface area contributed by atoms with Crippen molar-refractivity contribution in [1.29, 1.82) is 0 Å². The lowest BCUT2D eigenvalue weighted by Crippen LogP contribution is -2.46. The van der Waals surface area contributed by atoms with Crippen LogP contribution in [0.4, 0.5) is 5.69 Å². The van der Waals surface area contributed by atoms with Crippen LogP contribution in [0.15, 0.2) is 47.8 Å². The van der Waals surface area contributed by atoms with Crippen molar-refractivity contribution < 1.29 is 0 Å². The molecule has 1 fully saturated rings. The molecule has 0 N–H and O–H groups in total.